The Morgan fingerprint density at radius 2 is 1.03 bits per heavy atom. The first-order valence-corrected chi connectivity index (χ1v) is 25.5. The van der Waals surface area contributed by atoms with E-state index in [9.17, 15) is 56.3 Å². The van der Waals surface area contributed by atoms with Crippen LogP contribution in [-0.2, 0) is 20.2 Å². The van der Waals surface area contributed by atoms with Crippen LogP contribution in [-0.4, -0.2) is 130 Å². The van der Waals surface area contributed by atoms with Gasteiger partial charge in [-0.2, -0.15) is 42.3 Å². The number of hydrogen-bond donors (Lipinski definition) is 6. The molecule has 71 heavy (non-hydrogen) atoms. The van der Waals surface area contributed by atoms with Crippen molar-refractivity contribution >= 4 is 117 Å². The molecule has 0 fully saturated rings. The lowest BCUT2D eigenvalue weighted by atomic mass is 10.2. The van der Waals surface area contributed by atoms with Crippen molar-refractivity contribution in [1.29, 1.82) is 10.5 Å². The monoisotopic (exact) mass is 1050 g/mol. The van der Waals surface area contributed by atoms with Gasteiger partial charge in [-0.15, -0.1) is 43.1 Å². The van der Waals surface area contributed by atoms with Crippen molar-refractivity contribution in [3.8, 4) is 23.6 Å². The number of aromatic nitrogens is 3. The van der Waals surface area contributed by atoms with Gasteiger partial charge >= 0.3 is 0 Å². The third-order valence-corrected chi connectivity index (χ3v) is 14.3. The Morgan fingerprint density at radius 3 is 1.32 bits per heavy atom. The molecule has 0 spiro atoms. The van der Waals surface area contributed by atoms with Crippen LogP contribution in [0.4, 0.5) is 62.0 Å². The van der Waals surface area contributed by atoms with Gasteiger partial charge in [-0.25, -0.2) is 0 Å². The molecule has 0 radical (unpaired) electrons. The zero-order valence-corrected chi connectivity index (χ0v) is 41.9. The quantitative estimate of drug-likeness (QED) is 0.0202. The molecule has 26 nitrogen and oxygen atoms in total. The highest BCUT2D eigenvalue weighted by Gasteiger charge is 2.29. The molecule has 0 saturated carbocycles. The van der Waals surface area contributed by atoms with E-state index >= 15 is 0 Å². The predicted molar refractivity (Wildman–Crippen MR) is 263 cm³/mol. The van der Waals surface area contributed by atoms with Crippen molar-refractivity contribution in [2.45, 2.75) is 37.5 Å². The van der Waals surface area contributed by atoms with Crippen molar-refractivity contribution < 1.29 is 55.2 Å². The van der Waals surface area contributed by atoms with Gasteiger partial charge in [0.05, 0.1) is 59.9 Å². The summed E-state index contributed by atoms with van der Waals surface area (Å²) in [4.78, 5) is 40.0. The molecule has 0 atom stereocenters. The number of thiophene rings is 2. The molecule has 0 amide bonds. The fraction of sp³-hybridized carbons (Fsp3) is 0.341. The Kier molecular flexibility index (Phi) is 18.5. The van der Waals surface area contributed by atoms with E-state index in [4.69, 9.17) is 9.47 Å². The fourth-order valence-electron chi connectivity index (χ4n) is 6.89. The molecule has 5 rings (SSSR count). The molecule has 0 aliphatic rings. The van der Waals surface area contributed by atoms with Crippen LogP contribution in [0.1, 0.15) is 58.2 Å². The Balaban J connectivity index is 1.77. The highest BCUT2D eigenvalue weighted by Crippen LogP contribution is 2.45. The summed E-state index contributed by atoms with van der Waals surface area (Å²) in [5.74, 6) is 0.215. The Bertz CT molecular complexity index is 2960. The number of rotatable bonds is 25. The normalized spacial score (nSPS) is 11.6. The summed E-state index contributed by atoms with van der Waals surface area (Å²) in [6.07, 6.45) is 0.318. The molecule has 2 aromatic carbocycles. The predicted octanol–water partition coefficient (Wildman–Crippen LogP) is 6.67. The molecule has 3 heterocycles. The SMILES string of the molecule is CCN(CC)c1cc(Nc2nc(Nc3cc(N(CC)CC)c(OC)cc3/N=N/c3sc(C=O)c(S(=O)(=O)O)c3C#N)nc(N(CCO)CCO)n2)c(/N=N/c2sc(C=O)c(S(=O)(=O)O)c2C#N)cc1OC. The highest BCUT2D eigenvalue weighted by molar-refractivity contribution is 7.86. The summed E-state index contributed by atoms with van der Waals surface area (Å²) in [7, 11) is -7.23. The number of nitriles is 2. The number of aldehydes is 2. The van der Waals surface area contributed by atoms with E-state index in [1.807, 2.05) is 37.5 Å². The number of anilines is 7. The van der Waals surface area contributed by atoms with Crippen LogP contribution in [0.2, 0.25) is 0 Å². The number of hydrogen-bond acceptors (Lipinski definition) is 26. The number of carbonyl (C=O) groups is 2. The van der Waals surface area contributed by atoms with Gasteiger partial charge in [0.1, 0.15) is 55.9 Å². The van der Waals surface area contributed by atoms with Crippen LogP contribution in [0.15, 0.2) is 54.5 Å². The molecule has 30 heteroatoms. The van der Waals surface area contributed by atoms with Crippen LogP contribution in [0, 0.1) is 22.7 Å². The first kappa shape index (κ1) is 54.6. The number of aliphatic hydroxyl groups is 2. The van der Waals surface area contributed by atoms with Crippen molar-refractivity contribution in [3.05, 3.63) is 45.1 Å². The molecule has 376 valence electrons. The Hall–Kier alpha value is -7.29. The van der Waals surface area contributed by atoms with Crippen LogP contribution >= 0.6 is 22.7 Å². The molecule has 0 saturated heterocycles. The van der Waals surface area contributed by atoms with Gasteiger partial charge in [0.2, 0.25) is 17.8 Å². The van der Waals surface area contributed by atoms with E-state index < -0.39 is 50.9 Å². The number of nitrogens with zero attached hydrogens (tertiary/aromatic N) is 12. The number of carbonyl (C=O) groups excluding carboxylic acids is 2. The van der Waals surface area contributed by atoms with Gasteiger partial charge < -0.3 is 45.0 Å². The van der Waals surface area contributed by atoms with Gasteiger partial charge in [0.15, 0.2) is 22.6 Å². The van der Waals surface area contributed by atoms with Gasteiger partial charge in [-0.3, -0.25) is 18.7 Å². The van der Waals surface area contributed by atoms with E-state index in [-0.39, 0.29) is 89.5 Å². The molecule has 0 bridgehead atoms. The average Bonchev–Trinajstić information content (AvgIpc) is 3.92. The largest absolute Gasteiger partial charge is 0.494 e. The molecule has 0 aliphatic heterocycles. The second-order valence-electron chi connectivity index (χ2n) is 14.2. The smallest absolute Gasteiger partial charge is 0.297 e. The third-order valence-electron chi connectivity index (χ3n) is 10.1. The number of azo groups is 2. The van der Waals surface area contributed by atoms with E-state index in [1.54, 1.807) is 24.3 Å². The number of nitrogens with one attached hydrogen (secondary N) is 2. The molecule has 0 unspecified atom stereocenters. The van der Waals surface area contributed by atoms with E-state index in [1.165, 1.54) is 31.3 Å². The third kappa shape index (κ3) is 12.4. The molecule has 5 aromatic rings. The van der Waals surface area contributed by atoms with Crippen LogP contribution in [0.5, 0.6) is 11.5 Å². The van der Waals surface area contributed by atoms with Crippen molar-refractivity contribution in [2.75, 3.05) is 92.0 Å². The summed E-state index contributed by atoms with van der Waals surface area (Å²) in [5.41, 5.74) is 0.216. The van der Waals surface area contributed by atoms with Gasteiger partial charge in [0, 0.05) is 51.4 Å². The Labute approximate surface area is 415 Å². The molecule has 6 N–H and O–H groups in total. The molecule has 0 aliphatic carbocycles. The van der Waals surface area contributed by atoms with Gasteiger partial charge in [-0.1, -0.05) is 0 Å². The zero-order chi connectivity index (χ0) is 52.2. The number of aliphatic hydroxyl groups excluding tert-OH is 2. The minimum atomic E-state index is -5.04. The van der Waals surface area contributed by atoms with Crippen molar-refractivity contribution in [2.24, 2.45) is 20.5 Å². The maximum atomic E-state index is 12.2. The van der Waals surface area contributed by atoms with Crippen molar-refractivity contribution in [3.63, 3.8) is 0 Å². The first-order valence-electron chi connectivity index (χ1n) is 21.0. The standard InChI is InChI=1S/C41H46N14O12S4/c1-7-53(8-2)29-15-25(27(17-31(29)66-5)49-51-37-23(19-42)35(70(60,61)62)33(21-58)68-37)44-39-46-40(48-41(47-39)55(11-13-56)12-14-57)45-26-16-30(54(9-3)10-4)32(67-6)18-28(26)50-52-38-24(20-43)36(71(63,64)65)34(22-59)69-38/h15-18,21-22,56-57H,7-14H2,1-6H3,(H,60,61,62)(H,63,64,65)(H2,44,45,46,47,48)/b51-49+,52-50+. The lowest BCUT2D eigenvalue weighted by Crippen LogP contribution is -2.31. The molecular formula is C41H46N14O12S4. The maximum Gasteiger partial charge on any atom is 0.297 e. The van der Waals surface area contributed by atoms with Crippen LogP contribution in [0.25, 0.3) is 0 Å². The number of benzene rings is 2. The molecule has 3 aromatic heterocycles. The summed E-state index contributed by atoms with van der Waals surface area (Å²) < 4.78 is 79.9. The zero-order valence-electron chi connectivity index (χ0n) is 38.7. The summed E-state index contributed by atoms with van der Waals surface area (Å²) in [5, 5.41) is 62.3. The highest BCUT2D eigenvalue weighted by atomic mass is 32.2. The van der Waals surface area contributed by atoms with Gasteiger partial charge in [-0.05, 0) is 39.8 Å². The summed E-state index contributed by atoms with van der Waals surface area (Å²) >= 11 is 1.00. The second kappa shape index (κ2) is 24.0. The van der Waals surface area contributed by atoms with E-state index in [0.717, 1.165) is 0 Å². The van der Waals surface area contributed by atoms with E-state index in [0.29, 0.717) is 71.7 Å². The lowest BCUT2D eigenvalue weighted by Gasteiger charge is -2.25. The number of ether oxygens (including phenoxy) is 2. The lowest BCUT2D eigenvalue weighted by molar-refractivity contribution is 0.111. The topological polar surface area (TPSA) is 371 Å². The van der Waals surface area contributed by atoms with Crippen molar-refractivity contribution in [1.82, 2.24) is 15.0 Å². The maximum absolute atomic E-state index is 12.2. The van der Waals surface area contributed by atoms with E-state index in [2.05, 4.69) is 46.0 Å². The first-order chi connectivity index (χ1) is 33.9. The number of methoxy groups -OCH3 is 2. The second-order valence-corrected chi connectivity index (χ2v) is 18.9. The molecular weight excluding hydrogens is 1010 g/mol. The minimum Gasteiger partial charge on any atom is -0.494 e. The summed E-state index contributed by atoms with van der Waals surface area (Å²) in [6, 6.07) is 9.57. The van der Waals surface area contributed by atoms with Crippen LogP contribution in [0.3, 0.4) is 0 Å². The van der Waals surface area contributed by atoms with Gasteiger partial charge in [0.25, 0.3) is 20.2 Å². The fourth-order valence-corrected chi connectivity index (χ4v) is 10.9. The average molecular weight is 1060 g/mol. The van der Waals surface area contributed by atoms with Crippen LogP contribution < -0.4 is 34.8 Å². The minimum absolute atomic E-state index is 0.0112. The summed E-state index contributed by atoms with van der Waals surface area (Å²) in [6.45, 7) is 8.83. The Morgan fingerprint density at radius 1 is 0.648 bits per heavy atom.